The number of rotatable bonds is 10. The number of hydrogen-bond acceptors (Lipinski definition) is 6. The van der Waals surface area contributed by atoms with Crippen LogP contribution in [0.2, 0.25) is 0 Å². The van der Waals surface area contributed by atoms with E-state index in [0.29, 0.717) is 13.2 Å². The van der Waals surface area contributed by atoms with Crippen LogP contribution in [-0.2, 0) is 11.2 Å². The van der Waals surface area contributed by atoms with Gasteiger partial charge in [-0.1, -0.05) is 13.8 Å². The first kappa shape index (κ1) is 17.7. The van der Waals surface area contributed by atoms with Gasteiger partial charge in [-0.25, -0.2) is 9.97 Å². The molecule has 0 saturated heterocycles. The van der Waals surface area contributed by atoms with E-state index >= 15 is 0 Å². The average Bonchev–Trinajstić information content (AvgIpc) is 2.45. The zero-order chi connectivity index (χ0) is 15.7. The summed E-state index contributed by atoms with van der Waals surface area (Å²) in [5.74, 6) is 2.50. The highest BCUT2D eigenvalue weighted by Gasteiger charge is 2.12. The Morgan fingerprint density at radius 3 is 2.71 bits per heavy atom. The van der Waals surface area contributed by atoms with Crippen molar-refractivity contribution in [3.8, 4) is 0 Å². The van der Waals surface area contributed by atoms with Gasteiger partial charge in [-0.2, -0.15) is 0 Å². The fourth-order valence-corrected chi connectivity index (χ4v) is 2.01. The molecule has 0 aliphatic heterocycles. The van der Waals surface area contributed by atoms with Crippen LogP contribution < -0.4 is 10.2 Å². The van der Waals surface area contributed by atoms with Crippen LogP contribution in [0, 0.1) is 0 Å². The standard InChI is InChI=1S/C15H28N4O2/c1-5-7-13-17-14(16-8-6-2)9-15(18-13)19(3)10-12(20)11-21-4/h9,12,20H,5-8,10-11H2,1-4H3,(H,16,17,18). The molecule has 0 bridgehead atoms. The molecule has 2 N–H and O–H groups in total. The van der Waals surface area contributed by atoms with E-state index < -0.39 is 6.10 Å². The molecule has 6 heteroatoms. The molecule has 120 valence electrons. The zero-order valence-corrected chi connectivity index (χ0v) is 13.6. The molecule has 0 aromatic carbocycles. The summed E-state index contributed by atoms with van der Waals surface area (Å²) in [6.45, 7) is 5.91. The molecule has 0 aliphatic rings. The molecule has 1 aromatic rings. The fraction of sp³-hybridized carbons (Fsp3) is 0.733. The molecule has 0 amide bonds. The molecule has 21 heavy (non-hydrogen) atoms. The largest absolute Gasteiger partial charge is 0.389 e. The van der Waals surface area contributed by atoms with Gasteiger partial charge in [0.2, 0.25) is 0 Å². The predicted molar refractivity (Wildman–Crippen MR) is 86.0 cm³/mol. The number of anilines is 2. The third kappa shape index (κ3) is 6.27. The van der Waals surface area contributed by atoms with Gasteiger partial charge >= 0.3 is 0 Å². The lowest BCUT2D eigenvalue weighted by atomic mass is 10.3. The van der Waals surface area contributed by atoms with Crippen LogP contribution in [0.1, 0.15) is 32.5 Å². The molecule has 0 spiro atoms. The van der Waals surface area contributed by atoms with Gasteiger partial charge in [0.05, 0.1) is 12.7 Å². The van der Waals surface area contributed by atoms with Crippen molar-refractivity contribution >= 4 is 11.6 Å². The fourth-order valence-electron chi connectivity index (χ4n) is 2.01. The minimum atomic E-state index is -0.531. The molecule has 1 atom stereocenters. The molecule has 1 unspecified atom stereocenters. The van der Waals surface area contributed by atoms with E-state index in [4.69, 9.17) is 4.74 Å². The third-order valence-corrected chi connectivity index (χ3v) is 3.02. The Bertz CT molecular complexity index is 415. The number of methoxy groups -OCH3 is 1. The first-order chi connectivity index (χ1) is 10.1. The normalized spacial score (nSPS) is 12.2. The number of nitrogens with zero attached hydrogens (tertiary/aromatic N) is 3. The van der Waals surface area contributed by atoms with E-state index in [1.807, 2.05) is 18.0 Å². The van der Waals surface area contributed by atoms with Crippen molar-refractivity contribution in [3.05, 3.63) is 11.9 Å². The Hall–Kier alpha value is -1.40. The number of aliphatic hydroxyl groups excluding tert-OH is 1. The van der Waals surface area contributed by atoms with Gasteiger partial charge in [0.1, 0.15) is 17.5 Å². The van der Waals surface area contributed by atoms with Crippen molar-refractivity contribution in [3.63, 3.8) is 0 Å². The zero-order valence-electron chi connectivity index (χ0n) is 13.6. The molecule has 1 heterocycles. The minimum absolute atomic E-state index is 0.318. The van der Waals surface area contributed by atoms with Gasteiger partial charge in [-0.15, -0.1) is 0 Å². The predicted octanol–water partition coefficient (Wildman–Crippen LogP) is 1.69. The molecule has 1 rings (SSSR count). The van der Waals surface area contributed by atoms with Gasteiger partial charge < -0.3 is 20.1 Å². The van der Waals surface area contributed by atoms with E-state index in [-0.39, 0.29) is 0 Å². The first-order valence-corrected chi connectivity index (χ1v) is 7.60. The van der Waals surface area contributed by atoms with E-state index in [0.717, 1.165) is 43.3 Å². The molecule has 0 fully saturated rings. The van der Waals surface area contributed by atoms with Gasteiger partial charge in [0.15, 0.2) is 0 Å². The summed E-state index contributed by atoms with van der Waals surface area (Å²) in [4.78, 5) is 11.0. The SMILES string of the molecule is CCCNc1cc(N(C)CC(O)COC)nc(CCC)n1. The molecule has 0 radical (unpaired) electrons. The van der Waals surface area contributed by atoms with Crippen molar-refractivity contribution in [2.24, 2.45) is 0 Å². The number of aliphatic hydroxyl groups is 1. The van der Waals surface area contributed by atoms with Crippen molar-refractivity contribution in [2.75, 3.05) is 44.1 Å². The Balaban J connectivity index is 2.84. The second kappa shape index (κ2) is 9.52. The third-order valence-electron chi connectivity index (χ3n) is 3.02. The van der Waals surface area contributed by atoms with Crippen LogP contribution in [0.25, 0.3) is 0 Å². The Labute approximate surface area is 127 Å². The maximum Gasteiger partial charge on any atom is 0.134 e. The summed E-state index contributed by atoms with van der Waals surface area (Å²) in [6, 6.07) is 1.92. The summed E-state index contributed by atoms with van der Waals surface area (Å²) in [5, 5.41) is 13.1. The summed E-state index contributed by atoms with van der Waals surface area (Å²) >= 11 is 0. The number of aromatic nitrogens is 2. The molecule has 0 aliphatic carbocycles. The summed E-state index contributed by atoms with van der Waals surface area (Å²) in [5.41, 5.74) is 0. The Morgan fingerprint density at radius 1 is 1.33 bits per heavy atom. The smallest absolute Gasteiger partial charge is 0.134 e. The summed E-state index contributed by atoms with van der Waals surface area (Å²) in [7, 11) is 3.50. The van der Waals surface area contributed by atoms with Crippen LogP contribution in [0.4, 0.5) is 11.6 Å². The molecular weight excluding hydrogens is 268 g/mol. The number of nitrogens with one attached hydrogen (secondary N) is 1. The monoisotopic (exact) mass is 296 g/mol. The number of ether oxygens (including phenoxy) is 1. The van der Waals surface area contributed by atoms with Crippen LogP contribution in [-0.4, -0.2) is 55.0 Å². The van der Waals surface area contributed by atoms with E-state index in [9.17, 15) is 5.11 Å². The van der Waals surface area contributed by atoms with Gasteiger partial charge in [0.25, 0.3) is 0 Å². The lowest BCUT2D eigenvalue weighted by molar-refractivity contribution is 0.0694. The second-order valence-electron chi connectivity index (χ2n) is 5.19. The lowest BCUT2D eigenvalue weighted by Gasteiger charge is -2.22. The minimum Gasteiger partial charge on any atom is -0.389 e. The number of aryl methyl sites for hydroxylation is 1. The summed E-state index contributed by atoms with van der Waals surface area (Å²) in [6.07, 6.45) is 2.37. The van der Waals surface area contributed by atoms with Crippen molar-refractivity contribution < 1.29 is 9.84 Å². The van der Waals surface area contributed by atoms with Crippen molar-refractivity contribution in [1.29, 1.82) is 0 Å². The van der Waals surface area contributed by atoms with Gasteiger partial charge in [-0.3, -0.25) is 0 Å². The van der Waals surface area contributed by atoms with Crippen molar-refractivity contribution in [1.82, 2.24) is 9.97 Å². The van der Waals surface area contributed by atoms with Gasteiger partial charge in [-0.05, 0) is 12.8 Å². The maximum atomic E-state index is 9.84. The highest BCUT2D eigenvalue weighted by Crippen LogP contribution is 2.16. The second-order valence-corrected chi connectivity index (χ2v) is 5.19. The van der Waals surface area contributed by atoms with Crippen LogP contribution in [0.3, 0.4) is 0 Å². The van der Waals surface area contributed by atoms with E-state index in [1.165, 1.54) is 0 Å². The molecule has 6 nitrogen and oxygen atoms in total. The molecular formula is C15H28N4O2. The van der Waals surface area contributed by atoms with Crippen LogP contribution >= 0.6 is 0 Å². The highest BCUT2D eigenvalue weighted by molar-refractivity contribution is 5.49. The Morgan fingerprint density at radius 2 is 2.10 bits per heavy atom. The number of likely N-dealkylation sites (N-methyl/N-ethyl adjacent to an activating group) is 1. The highest BCUT2D eigenvalue weighted by atomic mass is 16.5. The topological polar surface area (TPSA) is 70.5 Å². The van der Waals surface area contributed by atoms with Crippen molar-refractivity contribution in [2.45, 2.75) is 39.2 Å². The lowest BCUT2D eigenvalue weighted by Crippen LogP contribution is -2.32. The van der Waals surface area contributed by atoms with Crippen LogP contribution in [0.5, 0.6) is 0 Å². The van der Waals surface area contributed by atoms with Crippen LogP contribution in [0.15, 0.2) is 6.07 Å². The number of hydrogen-bond donors (Lipinski definition) is 2. The average molecular weight is 296 g/mol. The first-order valence-electron chi connectivity index (χ1n) is 7.60. The maximum absolute atomic E-state index is 9.84. The molecule has 1 aromatic heterocycles. The summed E-state index contributed by atoms with van der Waals surface area (Å²) < 4.78 is 4.96. The molecule has 0 saturated carbocycles. The van der Waals surface area contributed by atoms with E-state index in [1.54, 1.807) is 7.11 Å². The van der Waals surface area contributed by atoms with Gasteiger partial charge in [0, 0.05) is 39.7 Å². The quantitative estimate of drug-likeness (QED) is 0.685. The Kier molecular flexibility index (Phi) is 8.00. The van der Waals surface area contributed by atoms with E-state index in [2.05, 4.69) is 29.1 Å².